The molecule has 1 aliphatic rings. The van der Waals surface area contributed by atoms with E-state index in [2.05, 4.69) is 17.2 Å². The molecule has 2 rings (SSSR count). The van der Waals surface area contributed by atoms with Crippen molar-refractivity contribution in [1.82, 2.24) is 5.32 Å². The zero-order valence-electron chi connectivity index (χ0n) is 13.5. The van der Waals surface area contributed by atoms with Crippen molar-refractivity contribution >= 4 is 27.4 Å². The molecule has 7 heteroatoms. The van der Waals surface area contributed by atoms with E-state index >= 15 is 0 Å². The average molecular weight is 337 g/mol. The summed E-state index contributed by atoms with van der Waals surface area (Å²) in [6.07, 6.45) is 5.07. The Balaban J connectivity index is 2.15. The van der Waals surface area contributed by atoms with Crippen molar-refractivity contribution in [3.05, 3.63) is 36.4 Å². The van der Waals surface area contributed by atoms with Gasteiger partial charge in [0.25, 0.3) is 0 Å². The van der Waals surface area contributed by atoms with Gasteiger partial charge in [-0.15, -0.1) is 6.58 Å². The Hall–Kier alpha value is -2.02. The molecule has 2 amide bonds. The Morgan fingerprint density at radius 1 is 1.48 bits per heavy atom. The number of carbonyl (C=O) groups is 1. The van der Waals surface area contributed by atoms with Crippen LogP contribution in [0.5, 0.6) is 0 Å². The minimum absolute atomic E-state index is 0.0387. The van der Waals surface area contributed by atoms with Crippen molar-refractivity contribution in [2.24, 2.45) is 0 Å². The largest absolute Gasteiger partial charge is 0.335 e. The van der Waals surface area contributed by atoms with Crippen LogP contribution in [0.1, 0.15) is 25.3 Å². The fourth-order valence-corrected chi connectivity index (χ4v) is 3.69. The standard InChI is InChI=1S/C16H23N3O3S/c1-4-7-12(5-2)17-16(20)18-14-8-6-9-15-13(14)10-11-19(15)23(3,21)22/h4,6,8-9,12H,1,5,7,10-11H2,2-3H3,(H2,17,18,20). The molecule has 2 N–H and O–H groups in total. The minimum Gasteiger partial charge on any atom is -0.335 e. The van der Waals surface area contributed by atoms with Gasteiger partial charge in [0.1, 0.15) is 0 Å². The Bertz CT molecular complexity index is 701. The van der Waals surface area contributed by atoms with Crippen LogP contribution in [-0.4, -0.2) is 33.3 Å². The van der Waals surface area contributed by atoms with Crippen molar-refractivity contribution in [1.29, 1.82) is 0 Å². The maximum absolute atomic E-state index is 12.1. The van der Waals surface area contributed by atoms with Crippen molar-refractivity contribution < 1.29 is 13.2 Å². The fraction of sp³-hybridized carbons (Fsp3) is 0.438. The predicted molar refractivity (Wildman–Crippen MR) is 93.4 cm³/mol. The molecule has 0 fully saturated rings. The maximum atomic E-state index is 12.1. The van der Waals surface area contributed by atoms with Crippen molar-refractivity contribution in [2.45, 2.75) is 32.2 Å². The highest BCUT2D eigenvalue weighted by molar-refractivity contribution is 7.92. The zero-order valence-corrected chi connectivity index (χ0v) is 14.3. The summed E-state index contributed by atoms with van der Waals surface area (Å²) in [6.45, 7) is 6.09. The van der Waals surface area contributed by atoms with Crippen LogP contribution in [-0.2, 0) is 16.4 Å². The maximum Gasteiger partial charge on any atom is 0.319 e. The lowest BCUT2D eigenvalue weighted by Crippen LogP contribution is -2.37. The Morgan fingerprint density at radius 3 is 2.83 bits per heavy atom. The van der Waals surface area contributed by atoms with E-state index in [0.29, 0.717) is 30.8 Å². The average Bonchev–Trinajstić information content (AvgIpc) is 2.91. The van der Waals surface area contributed by atoms with E-state index in [4.69, 9.17) is 0 Å². The second kappa shape index (κ2) is 7.04. The Labute approximate surface area is 137 Å². The first kappa shape index (κ1) is 17.3. The van der Waals surface area contributed by atoms with Gasteiger partial charge in [0, 0.05) is 23.8 Å². The monoisotopic (exact) mass is 337 g/mol. The van der Waals surface area contributed by atoms with Crippen molar-refractivity contribution in [3.8, 4) is 0 Å². The van der Waals surface area contributed by atoms with Gasteiger partial charge in [0.05, 0.1) is 11.9 Å². The summed E-state index contributed by atoms with van der Waals surface area (Å²) in [7, 11) is -3.30. The smallest absolute Gasteiger partial charge is 0.319 e. The molecule has 1 aliphatic heterocycles. The summed E-state index contributed by atoms with van der Waals surface area (Å²) in [4.78, 5) is 12.1. The molecule has 1 heterocycles. The van der Waals surface area contributed by atoms with Gasteiger partial charge < -0.3 is 10.6 Å². The topological polar surface area (TPSA) is 78.5 Å². The molecule has 0 saturated carbocycles. The summed E-state index contributed by atoms with van der Waals surface area (Å²) in [6, 6.07) is 5.05. The van der Waals surface area contributed by atoms with E-state index in [1.807, 2.05) is 6.92 Å². The molecule has 0 aromatic heterocycles. The van der Waals surface area contributed by atoms with Crippen LogP contribution in [0.2, 0.25) is 0 Å². The summed E-state index contributed by atoms with van der Waals surface area (Å²) in [5, 5.41) is 5.73. The minimum atomic E-state index is -3.30. The quantitative estimate of drug-likeness (QED) is 0.783. The third-order valence-electron chi connectivity index (χ3n) is 3.91. The third kappa shape index (κ3) is 4.04. The molecule has 6 nitrogen and oxygen atoms in total. The molecule has 0 spiro atoms. The molecular formula is C16H23N3O3S. The number of carbonyl (C=O) groups excluding carboxylic acids is 1. The summed E-state index contributed by atoms with van der Waals surface area (Å²) in [5.74, 6) is 0. The first-order chi connectivity index (χ1) is 10.9. The van der Waals surface area contributed by atoms with E-state index in [9.17, 15) is 13.2 Å². The molecule has 0 radical (unpaired) electrons. The van der Waals surface area contributed by atoms with Gasteiger partial charge in [-0.05, 0) is 31.4 Å². The van der Waals surface area contributed by atoms with Gasteiger partial charge in [-0.2, -0.15) is 0 Å². The number of urea groups is 1. The van der Waals surface area contributed by atoms with E-state index in [0.717, 1.165) is 12.0 Å². The highest BCUT2D eigenvalue weighted by Gasteiger charge is 2.28. The highest BCUT2D eigenvalue weighted by Crippen LogP contribution is 2.35. The Morgan fingerprint density at radius 2 is 2.22 bits per heavy atom. The summed E-state index contributed by atoms with van der Waals surface area (Å²) >= 11 is 0. The molecule has 0 bridgehead atoms. The zero-order chi connectivity index (χ0) is 17.0. The van der Waals surface area contributed by atoms with Crippen LogP contribution in [0, 0.1) is 0 Å². The predicted octanol–water partition coefficient (Wildman–Crippen LogP) is 2.48. The lowest BCUT2D eigenvalue weighted by atomic mass is 10.1. The van der Waals surface area contributed by atoms with Gasteiger partial charge >= 0.3 is 6.03 Å². The van der Waals surface area contributed by atoms with Crippen LogP contribution in [0.15, 0.2) is 30.9 Å². The van der Waals surface area contributed by atoms with Gasteiger partial charge in [-0.3, -0.25) is 4.31 Å². The number of hydrogen-bond donors (Lipinski definition) is 2. The molecule has 23 heavy (non-hydrogen) atoms. The SMILES string of the molecule is C=CCC(CC)NC(=O)Nc1cccc2c1CCN2S(C)(=O)=O. The van der Waals surface area contributed by atoms with Gasteiger partial charge in [-0.25, -0.2) is 13.2 Å². The number of nitrogens with zero attached hydrogens (tertiary/aromatic N) is 1. The van der Waals surface area contributed by atoms with Crippen LogP contribution in [0.3, 0.4) is 0 Å². The number of benzene rings is 1. The molecule has 0 saturated heterocycles. The fourth-order valence-electron chi connectivity index (χ4n) is 2.74. The van der Waals surface area contributed by atoms with Crippen molar-refractivity contribution in [3.63, 3.8) is 0 Å². The first-order valence-electron chi connectivity index (χ1n) is 7.64. The normalized spacial score (nSPS) is 15.0. The number of fused-ring (bicyclic) bond motifs is 1. The number of amides is 2. The van der Waals surface area contributed by atoms with Crippen molar-refractivity contribution in [2.75, 3.05) is 22.4 Å². The van der Waals surface area contributed by atoms with Crippen LogP contribution in [0.4, 0.5) is 16.2 Å². The lowest BCUT2D eigenvalue weighted by molar-refractivity contribution is 0.248. The van der Waals surface area contributed by atoms with Crippen LogP contribution < -0.4 is 14.9 Å². The van der Waals surface area contributed by atoms with Crippen LogP contribution in [0.25, 0.3) is 0 Å². The van der Waals surface area contributed by atoms with Crippen LogP contribution >= 0.6 is 0 Å². The molecule has 1 aromatic carbocycles. The lowest BCUT2D eigenvalue weighted by Gasteiger charge is -2.18. The number of rotatable bonds is 6. The number of nitrogens with one attached hydrogen (secondary N) is 2. The highest BCUT2D eigenvalue weighted by atomic mass is 32.2. The van der Waals surface area contributed by atoms with E-state index in [-0.39, 0.29) is 12.1 Å². The molecule has 1 aromatic rings. The molecule has 126 valence electrons. The second-order valence-electron chi connectivity index (χ2n) is 5.62. The van der Waals surface area contributed by atoms with E-state index in [1.165, 1.54) is 10.6 Å². The molecule has 1 atom stereocenters. The number of sulfonamides is 1. The summed E-state index contributed by atoms with van der Waals surface area (Å²) in [5.41, 5.74) is 2.15. The number of anilines is 2. The van der Waals surface area contributed by atoms with Gasteiger partial charge in [-0.1, -0.05) is 19.1 Å². The molecule has 0 aliphatic carbocycles. The molecule has 1 unspecified atom stereocenters. The van der Waals surface area contributed by atoms with Gasteiger partial charge in [0.2, 0.25) is 10.0 Å². The first-order valence-corrected chi connectivity index (χ1v) is 9.49. The van der Waals surface area contributed by atoms with E-state index < -0.39 is 10.0 Å². The molecular weight excluding hydrogens is 314 g/mol. The third-order valence-corrected chi connectivity index (χ3v) is 5.09. The second-order valence-corrected chi connectivity index (χ2v) is 7.52. The Kier molecular flexibility index (Phi) is 5.30. The number of hydrogen-bond acceptors (Lipinski definition) is 3. The van der Waals surface area contributed by atoms with E-state index in [1.54, 1.807) is 24.3 Å². The summed E-state index contributed by atoms with van der Waals surface area (Å²) < 4.78 is 25.0. The van der Waals surface area contributed by atoms with Gasteiger partial charge in [0.15, 0.2) is 0 Å².